The summed E-state index contributed by atoms with van der Waals surface area (Å²) >= 11 is 3.40. The lowest BCUT2D eigenvalue weighted by Crippen LogP contribution is -2.36. The Kier molecular flexibility index (Phi) is 7.82. The van der Waals surface area contributed by atoms with Crippen molar-refractivity contribution < 1.29 is 14.3 Å². The number of aryl methyl sites for hydroxylation is 1. The molecule has 2 rings (SSSR count). The molecule has 0 atom stereocenters. The van der Waals surface area contributed by atoms with Crippen molar-refractivity contribution in [1.82, 2.24) is 4.90 Å². The number of nitrogens with zero attached hydrogens (tertiary/aromatic N) is 1. The van der Waals surface area contributed by atoms with E-state index in [1.165, 1.54) is 0 Å². The third-order valence-electron chi connectivity index (χ3n) is 3.75. The highest BCUT2D eigenvalue weighted by atomic mass is 79.9. The molecule has 0 bridgehead atoms. The topological polar surface area (TPSA) is 70.7 Å². The Labute approximate surface area is 168 Å². The van der Waals surface area contributed by atoms with Crippen LogP contribution in [0.4, 0.5) is 11.4 Å². The van der Waals surface area contributed by atoms with Gasteiger partial charge in [-0.05, 0) is 56.8 Å². The second kappa shape index (κ2) is 10.1. The number of ether oxygens (including phenoxy) is 1. The van der Waals surface area contributed by atoms with Gasteiger partial charge in [-0.1, -0.05) is 28.1 Å². The number of likely N-dealkylation sites (N-methyl/N-ethyl adjacent to an activating group) is 1. The fourth-order valence-electron chi connectivity index (χ4n) is 2.54. The quantitative estimate of drug-likeness (QED) is 0.666. The van der Waals surface area contributed by atoms with Crippen molar-refractivity contribution in [2.45, 2.75) is 13.8 Å². The first-order valence-electron chi connectivity index (χ1n) is 8.65. The maximum atomic E-state index is 12.3. The summed E-state index contributed by atoms with van der Waals surface area (Å²) in [4.78, 5) is 26.1. The smallest absolute Gasteiger partial charge is 0.238 e. The number of amides is 2. The highest BCUT2D eigenvalue weighted by Crippen LogP contribution is 2.23. The van der Waals surface area contributed by atoms with Crippen LogP contribution in [0.15, 0.2) is 46.9 Å². The summed E-state index contributed by atoms with van der Waals surface area (Å²) in [6, 6.07) is 12.9. The zero-order chi connectivity index (χ0) is 19.8. The number of nitrogens with one attached hydrogen (secondary N) is 2. The van der Waals surface area contributed by atoms with Gasteiger partial charge in [0.25, 0.3) is 0 Å². The summed E-state index contributed by atoms with van der Waals surface area (Å²) in [7, 11) is 1.72. The molecule has 7 heteroatoms. The maximum absolute atomic E-state index is 12.3. The minimum absolute atomic E-state index is 0.0905. The van der Waals surface area contributed by atoms with Gasteiger partial charge in [0.2, 0.25) is 11.8 Å². The van der Waals surface area contributed by atoms with E-state index in [1.807, 2.05) is 44.2 Å². The van der Waals surface area contributed by atoms with Crippen molar-refractivity contribution in [1.29, 1.82) is 0 Å². The van der Waals surface area contributed by atoms with E-state index >= 15 is 0 Å². The van der Waals surface area contributed by atoms with E-state index in [4.69, 9.17) is 4.74 Å². The first kappa shape index (κ1) is 20.9. The van der Waals surface area contributed by atoms with Gasteiger partial charge in [-0.3, -0.25) is 14.5 Å². The van der Waals surface area contributed by atoms with E-state index in [0.717, 1.165) is 15.7 Å². The van der Waals surface area contributed by atoms with E-state index in [9.17, 15) is 9.59 Å². The number of hydrogen-bond acceptors (Lipinski definition) is 4. The summed E-state index contributed by atoms with van der Waals surface area (Å²) in [5.74, 6) is 0.238. The van der Waals surface area contributed by atoms with Crippen LogP contribution in [-0.2, 0) is 9.59 Å². The zero-order valence-corrected chi connectivity index (χ0v) is 17.3. The van der Waals surface area contributed by atoms with Gasteiger partial charge < -0.3 is 15.4 Å². The molecule has 6 nitrogen and oxygen atoms in total. The number of hydrogen-bond donors (Lipinski definition) is 2. The van der Waals surface area contributed by atoms with Gasteiger partial charge in [0.1, 0.15) is 5.75 Å². The second-order valence-electron chi connectivity index (χ2n) is 6.16. The minimum atomic E-state index is -0.211. The molecule has 0 aliphatic carbocycles. The van der Waals surface area contributed by atoms with Gasteiger partial charge in [0.15, 0.2) is 0 Å². The molecule has 0 aliphatic rings. The van der Waals surface area contributed by atoms with Crippen molar-refractivity contribution in [3.05, 3.63) is 52.5 Å². The molecule has 0 unspecified atom stereocenters. The summed E-state index contributed by atoms with van der Waals surface area (Å²) in [6.07, 6.45) is 0. The summed E-state index contributed by atoms with van der Waals surface area (Å²) in [6.45, 7) is 4.52. The molecule has 0 aliphatic heterocycles. The molecule has 0 radical (unpaired) electrons. The molecule has 144 valence electrons. The van der Waals surface area contributed by atoms with Gasteiger partial charge >= 0.3 is 0 Å². The van der Waals surface area contributed by atoms with Gasteiger partial charge in [-0.2, -0.15) is 0 Å². The zero-order valence-electron chi connectivity index (χ0n) is 15.7. The van der Waals surface area contributed by atoms with Crippen molar-refractivity contribution in [3.8, 4) is 5.75 Å². The minimum Gasteiger partial charge on any atom is -0.492 e. The fourth-order valence-corrected chi connectivity index (χ4v) is 3.02. The van der Waals surface area contributed by atoms with Crippen molar-refractivity contribution in [2.75, 3.05) is 37.4 Å². The molecule has 0 saturated carbocycles. The third kappa shape index (κ3) is 6.69. The number of anilines is 2. The highest BCUT2D eigenvalue weighted by molar-refractivity contribution is 9.10. The molecule has 2 N–H and O–H groups in total. The van der Waals surface area contributed by atoms with Crippen LogP contribution < -0.4 is 15.4 Å². The van der Waals surface area contributed by atoms with E-state index < -0.39 is 0 Å². The van der Waals surface area contributed by atoms with Crippen LogP contribution in [0.1, 0.15) is 12.5 Å². The van der Waals surface area contributed by atoms with E-state index in [-0.39, 0.29) is 24.9 Å². The lowest BCUT2D eigenvalue weighted by molar-refractivity contribution is -0.119. The summed E-state index contributed by atoms with van der Waals surface area (Å²) in [5, 5.41) is 5.69. The number of carbonyl (C=O) groups excluding carboxylic acids is 2. The standard InChI is InChI=1S/C20H24BrN3O3/c1-4-27-18-8-6-5-7-17(18)23-20(26)13-24(3)12-19(25)22-16-10-9-15(21)11-14(16)2/h5-11H,4,12-13H2,1-3H3,(H,22,25)(H,23,26). The van der Waals surface area contributed by atoms with E-state index in [2.05, 4.69) is 26.6 Å². The first-order valence-corrected chi connectivity index (χ1v) is 9.44. The maximum Gasteiger partial charge on any atom is 0.238 e. The first-order chi connectivity index (χ1) is 12.9. The lowest BCUT2D eigenvalue weighted by Gasteiger charge is -2.17. The molecule has 2 aromatic rings. The van der Waals surface area contributed by atoms with Gasteiger partial charge in [-0.15, -0.1) is 0 Å². The number of benzene rings is 2. The molecule has 0 spiro atoms. The Hall–Kier alpha value is -2.38. The number of rotatable bonds is 8. The number of halogens is 1. The van der Waals surface area contributed by atoms with Crippen LogP contribution in [0.3, 0.4) is 0 Å². The van der Waals surface area contributed by atoms with Gasteiger partial charge in [0, 0.05) is 10.2 Å². The van der Waals surface area contributed by atoms with Crippen LogP contribution in [-0.4, -0.2) is 43.5 Å². The predicted octanol–water partition coefficient (Wildman–Crippen LogP) is 3.67. The molecule has 0 heterocycles. The average Bonchev–Trinajstić information content (AvgIpc) is 2.59. The van der Waals surface area contributed by atoms with Crippen LogP contribution >= 0.6 is 15.9 Å². The van der Waals surface area contributed by atoms with Crippen LogP contribution in [0, 0.1) is 6.92 Å². The molecular weight excluding hydrogens is 410 g/mol. The Bertz CT molecular complexity index is 811. The largest absolute Gasteiger partial charge is 0.492 e. The predicted molar refractivity (Wildman–Crippen MR) is 111 cm³/mol. The molecule has 0 fully saturated rings. The molecule has 0 aromatic heterocycles. The summed E-state index contributed by atoms with van der Waals surface area (Å²) < 4.78 is 6.46. The molecule has 27 heavy (non-hydrogen) atoms. The van der Waals surface area contributed by atoms with Crippen molar-refractivity contribution in [3.63, 3.8) is 0 Å². The molecule has 0 saturated heterocycles. The molecule has 2 aromatic carbocycles. The summed E-state index contributed by atoms with van der Waals surface area (Å²) in [5.41, 5.74) is 2.34. The monoisotopic (exact) mass is 433 g/mol. The van der Waals surface area contributed by atoms with Crippen LogP contribution in [0.25, 0.3) is 0 Å². The molecule has 2 amide bonds. The Morgan fingerprint density at radius 1 is 1.04 bits per heavy atom. The normalized spacial score (nSPS) is 10.6. The van der Waals surface area contributed by atoms with Gasteiger partial charge in [0.05, 0.1) is 25.4 Å². The lowest BCUT2D eigenvalue weighted by atomic mass is 10.2. The van der Waals surface area contributed by atoms with E-state index in [1.54, 1.807) is 24.1 Å². The van der Waals surface area contributed by atoms with Gasteiger partial charge in [-0.25, -0.2) is 0 Å². The number of para-hydroxylation sites is 2. The highest BCUT2D eigenvalue weighted by Gasteiger charge is 2.13. The number of carbonyl (C=O) groups is 2. The SMILES string of the molecule is CCOc1ccccc1NC(=O)CN(C)CC(=O)Nc1ccc(Br)cc1C. The fraction of sp³-hybridized carbons (Fsp3) is 0.300. The second-order valence-corrected chi connectivity index (χ2v) is 7.07. The Morgan fingerprint density at radius 2 is 1.67 bits per heavy atom. The van der Waals surface area contributed by atoms with Crippen LogP contribution in [0.5, 0.6) is 5.75 Å². The van der Waals surface area contributed by atoms with Crippen LogP contribution in [0.2, 0.25) is 0 Å². The van der Waals surface area contributed by atoms with Crippen molar-refractivity contribution in [2.24, 2.45) is 0 Å². The average molecular weight is 434 g/mol. The Morgan fingerprint density at radius 3 is 2.30 bits per heavy atom. The third-order valence-corrected chi connectivity index (χ3v) is 4.24. The molecular formula is C20H24BrN3O3. The van der Waals surface area contributed by atoms with Crippen molar-refractivity contribution >= 4 is 39.1 Å². The van der Waals surface area contributed by atoms with E-state index in [0.29, 0.717) is 18.0 Å². The Balaban J connectivity index is 1.86.